The van der Waals surface area contributed by atoms with E-state index in [9.17, 15) is 13.2 Å². The van der Waals surface area contributed by atoms with Crippen LogP contribution in [0, 0.1) is 0 Å². The Balaban J connectivity index is 1.43. The molecular weight excluding hydrogens is 372 g/mol. The van der Waals surface area contributed by atoms with Crippen molar-refractivity contribution in [1.29, 1.82) is 0 Å². The predicted octanol–water partition coefficient (Wildman–Crippen LogP) is 2.34. The van der Waals surface area contributed by atoms with Crippen molar-refractivity contribution in [3.63, 3.8) is 0 Å². The molecule has 0 saturated carbocycles. The first kappa shape index (κ1) is 17.2. The monoisotopic (exact) mass is 390 g/mol. The van der Waals surface area contributed by atoms with E-state index in [2.05, 4.69) is 15.3 Å². The Hall–Kier alpha value is -2.23. The molecule has 0 spiro atoms. The summed E-state index contributed by atoms with van der Waals surface area (Å²) in [7, 11) is -3.40. The topological polar surface area (TPSA) is 95.2 Å². The quantitative estimate of drug-likeness (QED) is 0.699. The Morgan fingerprint density at radius 1 is 1.23 bits per heavy atom. The van der Waals surface area contributed by atoms with Crippen molar-refractivity contribution in [2.75, 3.05) is 13.1 Å². The Bertz CT molecular complexity index is 1050. The van der Waals surface area contributed by atoms with Crippen LogP contribution in [0.3, 0.4) is 0 Å². The molecule has 2 aromatic heterocycles. The summed E-state index contributed by atoms with van der Waals surface area (Å²) in [6, 6.07) is 8.63. The van der Waals surface area contributed by atoms with Crippen LogP contribution < -0.4 is 5.32 Å². The standard InChI is InChI=1S/C17H18N4O3S2/c22-17(12-3-5-14-15(9-12)20-11-19-14)18-10-13-4-6-16(25-13)26(23,24)21-7-1-2-8-21/h3-6,9,11H,1-2,7-8,10H2,(H,18,22)(H,19,20). The molecule has 3 aromatic rings. The van der Waals surface area contributed by atoms with E-state index in [-0.39, 0.29) is 5.91 Å². The number of rotatable bonds is 5. The summed E-state index contributed by atoms with van der Waals surface area (Å²) in [5.74, 6) is -0.209. The zero-order valence-electron chi connectivity index (χ0n) is 13.9. The van der Waals surface area contributed by atoms with E-state index in [1.165, 1.54) is 15.6 Å². The average Bonchev–Trinajstić information content (AvgIpc) is 3.40. The van der Waals surface area contributed by atoms with Gasteiger partial charge in [-0.05, 0) is 43.2 Å². The molecule has 1 saturated heterocycles. The fourth-order valence-electron chi connectivity index (χ4n) is 2.99. The molecule has 26 heavy (non-hydrogen) atoms. The molecule has 0 radical (unpaired) electrons. The second kappa shape index (κ2) is 6.82. The highest BCUT2D eigenvalue weighted by atomic mass is 32.2. The van der Waals surface area contributed by atoms with Crippen LogP contribution in [-0.4, -0.2) is 41.7 Å². The molecule has 136 valence electrons. The zero-order chi connectivity index (χ0) is 18.1. The van der Waals surface area contributed by atoms with Crippen molar-refractivity contribution in [1.82, 2.24) is 19.6 Å². The lowest BCUT2D eigenvalue weighted by atomic mass is 10.2. The Morgan fingerprint density at radius 2 is 2.04 bits per heavy atom. The molecule has 3 heterocycles. The highest BCUT2D eigenvalue weighted by Gasteiger charge is 2.28. The van der Waals surface area contributed by atoms with Crippen molar-refractivity contribution < 1.29 is 13.2 Å². The molecule has 1 fully saturated rings. The molecule has 0 bridgehead atoms. The number of carbonyl (C=O) groups excluding carboxylic acids is 1. The smallest absolute Gasteiger partial charge is 0.252 e. The molecule has 0 atom stereocenters. The van der Waals surface area contributed by atoms with Crippen LogP contribution in [0.2, 0.25) is 0 Å². The maximum absolute atomic E-state index is 12.5. The minimum atomic E-state index is -3.40. The number of imidazole rings is 1. The lowest BCUT2D eigenvalue weighted by Gasteiger charge is -2.13. The van der Waals surface area contributed by atoms with Crippen LogP contribution in [0.15, 0.2) is 40.9 Å². The average molecular weight is 390 g/mol. The molecule has 4 rings (SSSR count). The summed E-state index contributed by atoms with van der Waals surface area (Å²) >= 11 is 1.21. The van der Waals surface area contributed by atoms with Gasteiger partial charge < -0.3 is 10.3 Å². The molecule has 0 aliphatic carbocycles. The number of benzene rings is 1. The van der Waals surface area contributed by atoms with Crippen molar-refractivity contribution in [2.24, 2.45) is 0 Å². The Morgan fingerprint density at radius 3 is 2.85 bits per heavy atom. The highest BCUT2D eigenvalue weighted by Crippen LogP contribution is 2.27. The lowest BCUT2D eigenvalue weighted by Crippen LogP contribution is -2.27. The van der Waals surface area contributed by atoms with Crippen molar-refractivity contribution in [2.45, 2.75) is 23.6 Å². The normalized spacial score (nSPS) is 15.5. The number of carbonyl (C=O) groups is 1. The third-order valence-corrected chi connectivity index (χ3v) is 7.85. The Kier molecular flexibility index (Phi) is 4.51. The van der Waals surface area contributed by atoms with Crippen LogP contribution in [0.1, 0.15) is 28.1 Å². The lowest BCUT2D eigenvalue weighted by molar-refractivity contribution is 0.0951. The number of fused-ring (bicyclic) bond motifs is 1. The number of nitrogens with zero attached hydrogens (tertiary/aromatic N) is 2. The minimum absolute atomic E-state index is 0.209. The SMILES string of the molecule is O=C(NCc1ccc(S(=O)(=O)N2CCCC2)s1)c1ccc2nc[nH]c2c1. The number of nitrogens with one attached hydrogen (secondary N) is 2. The van der Waals surface area contributed by atoms with Gasteiger partial charge in [0.25, 0.3) is 15.9 Å². The third-order valence-electron chi connectivity index (χ3n) is 4.40. The number of aromatic amines is 1. The molecule has 1 amide bonds. The van der Waals surface area contributed by atoms with Gasteiger partial charge in [-0.3, -0.25) is 4.79 Å². The van der Waals surface area contributed by atoms with E-state index >= 15 is 0 Å². The van der Waals surface area contributed by atoms with Crippen LogP contribution in [0.5, 0.6) is 0 Å². The fraction of sp³-hybridized carbons (Fsp3) is 0.294. The first-order valence-corrected chi connectivity index (χ1v) is 10.6. The second-order valence-electron chi connectivity index (χ2n) is 6.15. The van der Waals surface area contributed by atoms with E-state index in [4.69, 9.17) is 0 Å². The van der Waals surface area contributed by atoms with Gasteiger partial charge in [0.1, 0.15) is 4.21 Å². The number of hydrogen-bond donors (Lipinski definition) is 2. The molecule has 1 aliphatic heterocycles. The number of H-pyrrole nitrogens is 1. The van der Waals surface area contributed by atoms with E-state index in [0.717, 1.165) is 28.8 Å². The molecule has 1 aliphatic rings. The molecule has 1 aromatic carbocycles. The van der Waals surface area contributed by atoms with Crippen LogP contribution in [0.4, 0.5) is 0 Å². The van der Waals surface area contributed by atoms with Crippen molar-refractivity contribution >= 4 is 38.3 Å². The van der Waals surface area contributed by atoms with Gasteiger partial charge in [-0.1, -0.05) is 0 Å². The summed E-state index contributed by atoms with van der Waals surface area (Å²) in [4.78, 5) is 20.2. The van der Waals surface area contributed by atoms with Crippen LogP contribution in [0.25, 0.3) is 11.0 Å². The maximum Gasteiger partial charge on any atom is 0.252 e. The largest absolute Gasteiger partial charge is 0.347 e. The minimum Gasteiger partial charge on any atom is -0.347 e. The molecule has 7 nitrogen and oxygen atoms in total. The van der Waals surface area contributed by atoms with Crippen molar-refractivity contribution in [3.05, 3.63) is 47.1 Å². The predicted molar refractivity (Wildman–Crippen MR) is 99.6 cm³/mol. The summed E-state index contributed by atoms with van der Waals surface area (Å²) < 4.78 is 27.0. The van der Waals surface area contributed by atoms with Gasteiger partial charge in [0.05, 0.1) is 23.9 Å². The van der Waals surface area contributed by atoms with Crippen LogP contribution in [-0.2, 0) is 16.6 Å². The van der Waals surface area contributed by atoms with E-state index in [0.29, 0.717) is 29.4 Å². The van der Waals surface area contributed by atoms with Gasteiger partial charge in [-0.25, -0.2) is 13.4 Å². The fourth-order valence-corrected chi connectivity index (χ4v) is 5.96. The second-order valence-corrected chi connectivity index (χ2v) is 9.48. The van der Waals surface area contributed by atoms with Gasteiger partial charge in [0, 0.05) is 23.5 Å². The van der Waals surface area contributed by atoms with E-state index in [1.807, 2.05) is 0 Å². The summed E-state index contributed by atoms with van der Waals surface area (Å²) in [5.41, 5.74) is 2.13. The maximum atomic E-state index is 12.5. The van der Waals surface area contributed by atoms with E-state index in [1.54, 1.807) is 36.7 Å². The molecule has 2 N–H and O–H groups in total. The van der Waals surface area contributed by atoms with Gasteiger partial charge in [-0.2, -0.15) is 4.31 Å². The van der Waals surface area contributed by atoms with Gasteiger partial charge in [0.15, 0.2) is 0 Å². The molecule has 9 heteroatoms. The number of amides is 1. The van der Waals surface area contributed by atoms with E-state index < -0.39 is 10.0 Å². The zero-order valence-corrected chi connectivity index (χ0v) is 15.6. The van der Waals surface area contributed by atoms with Gasteiger partial charge >= 0.3 is 0 Å². The Labute approximate surface area is 155 Å². The first-order valence-electron chi connectivity index (χ1n) is 8.34. The highest BCUT2D eigenvalue weighted by molar-refractivity contribution is 7.91. The summed E-state index contributed by atoms with van der Waals surface area (Å²) in [5, 5.41) is 2.84. The number of hydrogen-bond acceptors (Lipinski definition) is 5. The number of aromatic nitrogens is 2. The van der Waals surface area contributed by atoms with Crippen molar-refractivity contribution in [3.8, 4) is 0 Å². The third kappa shape index (κ3) is 3.25. The molecule has 0 unspecified atom stereocenters. The summed E-state index contributed by atoms with van der Waals surface area (Å²) in [6.07, 6.45) is 3.41. The first-order chi connectivity index (χ1) is 12.5. The van der Waals surface area contributed by atoms with Gasteiger partial charge in [0.2, 0.25) is 0 Å². The number of thiophene rings is 1. The summed E-state index contributed by atoms with van der Waals surface area (Å²) in [6.45, 7) is 1.46. The van der Waals surface area contributed by atoms with Crippen LogP contribution >= 0.6 is 11.3 Å². The number of sulfonamides is 1. The molecular formula is C17H18N4O3S2. The van der Waals surface area contributed by atoms with Gasteiger partial charge in [-0.15, -0.1) is 11.3 Å².